The fraction of sp³-hybridized carbons (Fsp3) is 0.118. The van der Waals surface area contributed by atoms with Gasteiger partial charge in [0.25, 0.3) is 0 Å². The molecule has 2 rings (SSSR count). The van der Waals surface area contributed by atoms with Gasteiger partial charge in [-0.25, -0.2) is 4.39 Å². The van der Waals surface area contributed by atoms with Crippen molar-refractivity contribution in [2.75, 3.05) is 0 Å². The Labute approximate surface area is 131 Å². The van der Waals surface area contributed by atoms with Crippen LogP contribution in [0, 0.1) is 5.82 Å². The van der Waals surface area contributed by atoms with Crippen LogP contribution >= 0.6 is 15.9 Å². The normalized spacial score (nSPS) is 12.3. The summed E-state index contributed by atoms with van der Waals surface area (Å²) in [6, 6.07) is 13.9. The predicted molar refractivity (Wildman–Crippen MR) is 86.1 cm³/mol. The number of hydrogen-bond donors (Lipinski definition) is 1. The van der Waals surface area contributed by atoms with Crippen LogP contribution in [0.25, 0.3) is 6.08 Å². The van der Waals surface area contributed by atoms with E-state index in [1.807, 2.05) is 31.2 Å². The van der Waals surface area contributed by atoms with Gasteiger partial charge in [-0.1, -0.05) is 46.3 Å². The predicted octanol–water partition coefficient (Wildman–Crippen LogP) is 4.48. The molecule has 1 N–H and O–H groups in total. The highest BCUT2D eigenvalue weighted by atomic mass is 79.9. The Morgan fingerprint density at radius 3 is 2.52 bits per heavy atom. The first kappa shape index (κ1) is 15.4. The van der Waals surface area contributed by atoms with Gasteiger partial charge in [-0.3, -0.25) is 4.79 Å². The summed E-state index contributed by atoms with van der Waals surface area (Å²) in [6.45, 7) is 1.90. The maximum absolute atomic E-state index is 13.4. The lowest BCUT2D eigenvalue weighted by atomic mass is 10.1. The lowest BCUT2D eigenvalue weighted by Gasteiger charge is -2.12. The molecule has 2 aromatic carbocycles. The largest absolute Gasteiger partial charge is 0.346 e. The van der Waals surface area contributed by atoms with Crippen molar-refractivity contribution in [3.05, 3.63) is 76.0 Å². The van der Waals surface area contributed by atoms with Crippen molar-refractivity contribution in [2.24, 2.45) is 0 Å². The zero-order valence-electron chi connectivity index (χ0n) is 11.5. The number of hydrogen-bond acceptors (Lipinski definition) is 1. The Balaban J connectivity index is 1.98. The second kappa shape index (κ2) is 7.18. The van der Waals surface area contributed by atoms with E-state index in [9.17, 15) is 9.18 Å². The van der Waals surface area contributed by atoms with Crippen molar-refractivity contribution < 1.29 is 9.18 Å². The van der Waals surface area contributed by atoms with Gasteiger partial charge in [-0.15, -0.1) is 0 Å². The maximum atomic E-state index is 13.4. The third-order valence-corrected chi connectivity index (χ3v) is 3.58. The van der Waals surface area contributed by atoms with Gasteiger partial charge in [0, 0.05) is 16.1 Å². The van der Waals surface area contributed by atoms with Crippen molar-refractivity contribution in [2.45, 2.75) is 13.0 Å². The summed E-state index contributed by atoms with van der Waals surface area (Å²) in [6.07, 6.45) is 2.81. The topological polar surface area (TPSA) is 29.1 Å². The Hall–Kier alpha value is -1.94. The molecule has 108 valence electrons. The molecule has 0 aliphatic heterocycles. The van der Waals surface area contributed by atoms with Gasteiger partial charge in [-0.2, -0.15) is 0 Å². The average molecular weight is 348 g/mol. The van der Waals surface area contributed by atoms with Gasteiger partial charge in [0.05, 0.1) is 6.04 Å². The van der Waals surface area contributed by atoms with Crippen LogP contribution in [0.2, 0.25) is 0 Å². The fourth-order valence-corrected chi connectivity index (χ4v) is 2.14. The molecule has 0 bridgehead atoms. The standard InChI is InChI=1S/C17H15BrFNO/c1-12(13-6-9-15(18)10-7-13)20-17(21)11-8-14-4-2-3-5-16(14)19/h2-12H,1H3,(H,20,21)/b11-8+/t12-/m0/s1. The molecule has 0 aliphatic rings. The molecule has 0 unspecified atom stereocenters. The van der Waals surface area contributed by atoms with Gasteiger partial charge in [0.15, 0.2) is 0 Å². The van der Waals surface area contributed by atoms with E-state index in [0.717, 1.165) is 10.0 Å². The highest BCUT2D eigenvalue weighted by molar-refractivity contribution is 9.10. The van der Waals surface area contributed by atoms with Crippen LogP contribution in [0.15, 0.2) is 59.1 Å². The lowest BCUT2D eigenvalue weighted by molar-refractivity contribution is -0.117. The summed E-state index contributed by atoms with van der Waals surface area (Å²) >= 11 is 3.37. The molecule has 0 saturated carbocycles. The molecule has 4 heteroatoms. The van der Waals surface area contributed by atoms with E-state index >= 15 is 0 Å². The van der Waals surface area contributed by atoms with E-state index in [1.165, 1.54) is 18.2 Å². The molecular formula is C17H15BrFNO. The Morgan fingerprint density at radius 2 is 1.86 bits per heavy atom. The van der Waals surface area contributed by atoms with Gasteiger partial charge in [0.2, 0.25) is 5.91 Å². The average Bonchev–Trinajstić information content (AvgIpc) is 2.47. The Bertz CT molecular complexity index is 652. The highest BCUT2D eigenvalue weighted by Crippen LogP contribution is 2.16. The van der Waals surface area contributed by atoms with Crippen LogP contribution in [0.5, 0.6) is 0 Å². The lowest BCUT2D eigenvalue weighted by Crippen LogP contribution is -2.24. The summed E-state index contributed by atoms with van der Waals surface area (Å²) in [5.74, 6) is -0.601. The maximum Gasteiger partial charge on any atom is 0.244 e. The minimum absolute atomic E-state index is 0.115. The van der Waals surface area contributed by atoms with Crippen LogP contribution < -0.4 is 5.32 Å². The van der Waals surface area contributed by atoms with Crippen molar-refractivity contribution in [3.8, 4) is 0 Å². The number of amides is 1. The summed E-state index contributed by atoms with van der Waals surface area (Å²) in [5, 5.41) is 2.84. The molecule has 0 aromatic heterocycles. The van der Waals surface area contributed by atoms with E-state index in [1.54, 1.807) is 18.2 Å². The first-order chi connectivity index (χ1) is 10.1. The number of carbonyl (C=O) groups excluding carboxylic acids is 1. The smallest absolute Gasteiger partial charge is 0.244 e. The van der Waals surface area contributed by atoms with E-state index in [4.69, 9.17) is 0 Å². The molecule has 2 nitrogen and oxygen atoms in total. The zero-order valence-corrected chi connectivity index (χ0v) is 13.1. The first-order valence-corrected chi connectivity index (χ1v) is 7.34. The van der Waals surface area contributed by atoms with Gasteiger partial charge in [0.1, 0.15) is 5.82 Å². The Kier molecular flexibility index (Phi) is 5.28. The number of benzene rings is 2. The van der Waals surface area contributed by atoms with Gasteiger partial charge < -0.3 is 5.32 Å². The van der Waals surface area contributed by atoms with Crippen molar-refractivity contribution in [3.63, 3.8) is 0 Å². The van der Waals surface area contributed by atoms with E-state index in [-0.39, 0.29) is 17.8 Å². The van der Waals surface area contributed by atoms with Crippen LogP contribution in [-0.4, -0.2) is 5.91 Å². The minimum atomic E-state index is -0.345. The molecule has 0 saturated heterocycles. The van der Waals surface area contributed by atoms with Crippen LogP contribution in [-0.2, 0) is 4.79 Å². The zero-order chi connectivity index (χ0) is 15.2. The number of rotatable bonds is 4. The number of halogens is 2. The summed E-state index contributed by atoms with van der Waals surface area (Å²) in [7, 11) is 0. The second-order valence-corrected chi connectivity index (χ2v) is 5.55. The molecule has 1 amide bonds. The second-order valence-electron chi connectivity index (χ2n) is 4.64. The molecule has 2 aromatic rings. The van der Waals surface area contributed by atoms with E-state index < -0.39 is 0 Å². The summed E-state index contributed by atoms with van der Waals surface area (Å²) < 4.78 is 14.4. The van der Waals surface area contributed by atoms with E-state index in [2.05, 4.69) is 21.2 Å². The number of carbonyl (C=O) groups is 1. The molecule has 0 radical (unpaired) electrons. The molecule has 0 aliphatic carbocycles. The molecule has 21 heavy (non-hydrogen) atoms. The fourth-order valence-electron chi connectivity index (χ4n) is 1.87. The molecular weight excluding hydrogens is 333 g/mol. The first-order valence-electron chi connectivity index (χ1n) is 6.55. The highest BCUT2D eigenvalue weighted by Gasteiger charge is 2.07. The Morgan fingerprint density at radius 1 is 1.19 bits per heavy atom. The van der Waals surface area contributed by atoms with Crippen molar-refractivity contribution in [1.82, 2.24) is 5.32 Å². The SMILES string of the molecule is C[C@H](NC(=O)/C=C/c1ccccc1F)c1ccc(Br)cc1. The van der Waals surface area contributed by atoms with Gasteiger partial charge >= 0.3 is 0 Å². The molecule has 0 spiro atoms. The van der Waals surface area contributed by atoms with Crippen LogP contribution in [0.4, 0.5) is 4.39 Å². The number of nitrogens with one attached hydrogen (secondary N) is 1. The summed E-state index contributed by atoms with van der Waals surface area (Å²) in [5.41, 5.74) is 1.40. The minimum Gasteiger partial charge on any atom is -0.346 e. The van der Waals surface area contributed by atoms with Crippen LogP contribution in [0.3, 0.4) is 0 Å². The third kappa shape index (κ3) is 4.53. The van der Waals surface area contributed by atoms with Crippen molar-refractivity contribution >= 4 is 27.9 Å². The van der Waals surface area contributed by atoms with E-state index in [0.29, 0.717) is 5.56 Å². The van der Waals surface area contributed by atoms with Crippen molar-refractivity contribution in [1.29, 1.82) is 0 Å². The molecule has 0 heterocycles. The third-order valence-electron chi connectivity index (χ3n) is 3.05. The monoisotopic (exact) mass is 347 g/mol. The molecule has 1 atom stereocenters. The summed E-state index contributed by atoms with van der Waals surface area (Å²) in [4.78, 5) is 11.8. The quantitative estimate of drug-likeness (QED) is 0.811. The van der Waals surface area contributed by atoms with Crippen LogP contribution in [0.1, 0.15) is 24.1 Å². The molecule has 0 fully saturated rings. The van der Waals surface area contributed by atoms with Gasteiger partial charge in [-0.05, 0) is 36.8 Å².